The number of carboxylic acid groups (broad SMARTS) is 1. The van der Waals surface area contributed by atoms with Gasteiger partial charge in [0.1, 0.15) is 24.0 Å². The van der Waals surface area contributed by atoms with Crippen LogP contribution < -0.4 is 10.5 Å². The Morgan fingerprint density at radius 2 is 1.75 bits per heavy atom. The lowest BCUT2D eigenvalue weighted by Gasteiger charge is -2.08. The van der Waals surface area contributed by atoms with E-state index in [1.165, 1.54) is 18.2 Å². The van der Waals surface area contributed by atoms with E-state index in [9.17, 15) is 13.6 Å². The summed E-state index contributed by atoms with van der Waals surface area (Å²) in [5, 5.41) is 8.90. The summed E-state index contributed by atoms with van der Waals surface area (Å²) in [4.78, 5) is 10.9. The van der Waals surface area contributed by atoms with Crippen molar-refractivity contribution in [3.63, 3.8) is 0 Å². The average molecular weight is 279 g/mol. The standard InChI is InChI=1S/C14H11F2NO3/c15-10-4-11(16)6-13(5-10)20-7-8-1-9(14(18)19)3-12(17)2-8/h1-6H,7,17H2,(H,18,19). The van der Waals surface area contributed by atoms with Gasteiger partial charge in [0.05, 0.1) is 5.56 Å². The van der Waals surface area contributed by atoms with E-state index in [1.807, 2.05) is 0 Å². The second-order valence-electron chi connectivity index (χ2n) is 4.16. The minimum atomic E-state index is -1.12. The van der Waals surface area contributed by atoms with Crippen molar-refractivity contribution in [3.8, 4) is 5.75 Å². The van der Waals surface area contributed by atoms with E-state index in [0.717, 1.165) is 18.2 Å². The van der Waals surface area contributed by atoms with Crippen molar-refractivity contribution in [1.29, 1.82) is 0 Å². The van der Waals surface area contributed by atoms with Crippen LogP contribution in [-0.4, -0.2) is 11.1 Å². The molecule has 20 heavy (non-hydrogen) atoms. The number of hydrogen-bond donors (Lipinski definition) is 2. The van der Waals surface area contributed by atoms with E-state index in [4.69, 9.17) is 15.6 Å². The van der Waals surface area contributed by atoms with Crippen LogP contribution in [0.5, 0.6) is 5.75 Å². The van der Waals surface area contributed by atoms with Crippen LogP contribution in [0.25, 0.3) is 0 Å². The van der Waals surface area contributed by atoms with Gasteiger partial charge in [0.25, 0.3) is 0 Å². The van der Waals surface area contributed by atoms with E-state index in [0.29, 0.717) is 5.56 Å². The van der Waals surface area contributed by atoms with Crippen LogP contribution >= 0.6 is 0 Å². The molecule has 0 spiro atoms. The number of nitrogens with two attached hydrogens (primary N) is 1. The van der Waals surface area contributed by atoms with Crippen molar-refractivity contribution < 1.29 is 23.4 Å². The number of benzene rings is 2. The van der Waals surface area contributed by atoms with Gasteiger partial charge in [-0.3, -0.25) is 0 Å². The Kier molecular flexibility index (Phi) is 3.84. The number of hydrogen-bond acceptors (Lipinski definition) is 3. The highest BCUT2D eigenvalue weighted by Crippen LogP contribution is 2.18. The molecule has 0 amide bonds. The number of rotatable bonds is 4. The molecule has 2 aromatic rings. The SMILES string of the molecule is Nc1cc(COc2cc(F)cc(F)c2)cc(C(=O)O)c1. The van der Waals surface area contributed by atoms with E-state index in [1.54, 1.807) is 0 Å². The van der Waals surface area contributed by atoms with Crippen molar-refractivity contribution in [2.45, 2.75) is 6.61 Å². The van der Waals surface area contributed by atoms with Crippen LogP contribution in [0.15, 0.2) is 36.4 Å². The fraction of sp³-hybridized carbons (Fsp3) is 0.0714. The predicted octanol–water partition coefficient (Wildman–Crippen LogP) is 2.82. The van der Waals surface area contributed by atoms with Gasteiger partial charge in [-0.2, -0.15) is 0 Å². The second-order valence-corrected chi connectivity index (χ2v) is 4.16. The summed E-state index contributed by atoms with van der Waals surface area (Å²) >= 11 is 0. The second kappa shape index (κ2) is 5.56. The van der Waals surface area contributed by atoms with E-state index in [2.05, 4.69) is 0 Å². The van der Waals surface area contributed by atoms with E-state index in [-0.39, 0.29) is 23.6 Å². The molecule has 0 fully saturated rings. The zero-order valence-corrected chi connectivity index (χ0v) is 10.3. The molecule has 0 radical (unpaired) electrons. The summed E-state index contributed by atoms with van der Waals surface area (Å²) in [6, 6.07) is 7.03. The van der Waals surface area contributed by atoms with Gasteiger partial charge in [0.15, 0.2) is 0 Å². The first-order chi connectivity index (χ1) is 9.44. The maximum absolute atomic E-state index is 13.0. The summed E-state index contributed by atoms with van der Waals surface area (Å²) in [5.41, 5.74) is 6.36. The van der Waals surface area contributed by atoms with Gasteiger partial charge < -0.3 is 15.6 Å². The highest BCUT2D eigenvalue weighted by atomic mass is 19.1. The summed E-state index contributed by atoms with van der Waals surface area (Å²) < 4.78 is 31.2. The molecular formula is C14H11F2NO3. The third-order valence-electron chi connectivity index (χ3n) is 2.50. The van der Waals surface area contributed by atoms with Gasteiger partial charge in [0.2, 0.25) is 0 Å². The number of nitrogen functional groups attached to an aromatic ring is 1. The molecule has 0 saturated carbocycles. The lowest BCUT2D eigenvalue weighted by Crippen LogP contribution is -2.03. The highest BCUT2D eigenvalue weighted by Gasteiger charge is 2.07. The summed E-state index contributed by atoms with van der Waals surface area (Å²) in [6.07, 6.45) is 0. The topological polar surface area (TPSA) is 72.5 Å². The quantitative estimate of drug-likeness (QED) is 0.844. The molecule has 0 aliphatic carbocycles. The largest absolute Gasteiger partial charge is 0.489 e. The third kappa shape index (κ3) is 3.44. The Labute approximate surface area is 113 Å². The maximum atomic E-state index is 13.0. The first kappa shape index (κ1) is 13.8. The van der Waals surface area contributed by atoms with Crippen molar-refractivity contribution >= 4 is 11.7 Å². The molecule has 2 aromatic carbocycles. The number of halogens is 2. The molecule has 0 aromatic heterocycles. The first-order valence-corrected chi connectivity index (χ1v) is 5.65. The van der Waals surface area contributed by atoms with Crippen molar-refractivity contribution in [2.75, 3.05) is 5.73 Å². The van der Waals surface area contributed by atoms with Crippen LogP contribution in [0.3, 0.4) is 0 Å². The minimum Gasteiger partial charge on any atom is -0.489 e. The molecule has 2 rings (SSSR count). The molecule has 0 aliphatic heterocycles. The van der Waals surface area contributed by atoms with Crippen LogP contribution in [-0.2, 0) is 6.61 Å². The Morgan fingerprint density at radius 1 is 1.10 bits per heavy atom. The molecule has 0 unspecified atom stereocenters. The zero-order valence-electron chi connectivity index (χ0n) is 10.3. The Morgan fingerprint density at radius 3 is 2.35 bits per heavy atom. The zero-order chi connectivity index (χ0) is 14.7. The Bertz CT molecular complexity index is 639. The van der Waals surface area contributed by atoms with Gasteiger partial charge in [-0.1, -0.05) is 0 Å². The fourth-order valence-electron chi connectivity index (χ4n) is 1.70. The van der Waals surface area contributed by atoms with Gasteiger partial charge in [0, 0.05) is 23.9 Å². The van der Waals surface area contributed by atoms with Crippen LogP contribution in [0.4, 0.5) is 14.5 Å². The molecule has 104 valence electrons. The molecule has 0 atom stereocenters. The molecule has 3 N–H and O–H groups in total. The normalized spacial score (nSPS) is 10.3. The molecular weight excluding hydrogens is 268 g/mol. The van der Waals surface area contributed by atoms with Crippen LogP contribution in [0.1, 0.15) is 15.9 Å². The van der Waals surface area contributed by atoms with E-state index < -0.39 is 17.6 Å². The maximum Gasteiger partial charge on any atom is 0.335 e. The predicted molar refractivity (Wildman–Crippen MR) is 68.5 cm³/mol. The highest BCUT2D eigenvalue weighted by molar-refractivity contribution is 5.89. The number of aromatic carboxylic acids is 1. The monoisotopic (exact) mass is 279 g/mol. The number of anilines is 1. The van der Waals surface area contributed by atoms with Crippen molar-refractivity contribution in [1.82, 2.24) is 0 Å². The lowest BCUT2D eigenvalue weighted by atomic mass is 10.1. The number of carbonyl (C=O) groups is 1. The fourth-order valence-corrected chi connectivity index (χ4v) is 1.70. The summed E-state index contributed by atoms with van der Waals surface area (Å²) in [6.45, 7) is -0.0474. The van der Waals surface area contributed by atoms with Gasteiger partial charge >= 0.3 is 5.97 Å². The molecule has 0 saturated heterocycles. The minimum absolute atomic E-state index is 0.0156. The Hall–Kier alpha value is -2.63. The Balaban J connectivity index is 2.16. The molecule has 0 aliphatic rings. The van der Waals surface area contributed by atoms with Gasteiger partial charge in [-0.15, -0.1) is 0 Å². The molecule has 0 heterocycles. The summed E-state index contributed by atoms with van der Waals surface area (Å²) in [5.74, 6) is -2.60. The van der Waals surface area contributed by atoms with Gasteiger partial charge in [-0.05, 0) is 23.8 Å². The van der Waals surface area contributed by atoms with Crippen molar-refractivity contribution in [3.05, 3.63) is 59.2 Å². The molecule has 6 heteroatoms. The van der Waals surface area contributed by atoms with E-state index >= 15 is 0 Å². The molecule has 0 bridgehead atoms. The number of ether oxygens (including phenoxy) is 1. The average Bonchev–Trinajstić information content (AvgIpc) is 2.34. The third-order valence-corrected chi connectivity index (χ3v) is 2.50. The van der Waals surface area contributed by atoms with Crippen molar-refractivity contribution in [2.24, 2.45) is 0 Å². The van der Waals surface area contributed by atoms with Crippen LogP contribution in [0, 0.1) is 11.6 Å². The number of carboxylic acids is 1. The molecule has 4 nitrogen and oxygen atoms in total. The van der Waals surface area contributed by atoms with Gasteiger partial charge in [-0.25, -0.2) is 13.6 Å². The smallest absolute Gasteiger partial charge is 0.335 e. The first-order valence-electron chi connectivity index (χ1n) is 5.65. The lowest BCUT2D eigenvalue weighted by molar-refractivity contribution is 0.0696. The summed E-state index contributed by atoms with van der Waals surface area (Å²) in [7, 11) is 0. The van der Waals surface area contributed by atoms with Crippen LogP contribution in [0.2, 0.25) is 0 Å².